The highest BCUT2D eigenvalue weighted by molar-refractivity contribution is 7.99. The topological polar surface area (TPSA) is 64.4 Å². The van der Waals surface area contributed by atoms with Gasteiger partial charge >= 0.3 is 0 Å². The van der Waals surface area contributed by atoms with Crippen LogP contribution < -0.4 is 10.1 Å². The number of aromatic nitrogens is 1. The van der Waals surface area contributed by atoms with E-state index in [1.165, 1.54) is 12.1 Å². The number of anilines is 1. The number of ether oxygens (including phenoxy) is 1. The van der Waals surface area contributed by atoms with Crippen LogP contribution in [0.4, 0.5) is 10.1 Å². The third kappa shape index (κ3) is 4.95. The molecule has 1 N–H and O–H groups in total. The molecule has 0 aliphatic carbocycles. The summed E-state index contributed by atoms with van der Waals surface area (Å²) in [6.07, 6.45) is 0. The van der Waals surface area contributed by atoms with Gasteiger partial charge in [0.1, 0.15) is 12.4 Å². The number of nitrogens with zero attached hydrogens (tertiary/aromatic N) is 1. The second-order valence-corrected chi connectivity index (χ2v) is 7.77. The van der Waals surface area contributed by atoms with Gasteiger partial charge in [-0.1, -0.05) is 59.4 Å². The molecule has 156 valence electrons. The van der Waals surface area contributed by atoms with Crippen LogP contribution in [0, 0.1) is 12.7 Å². The first-order valence-corrected chi connectivity index (χ1v) is 10.4. The van der Waals surface area contributed by atoms with E-state index >= 15 is 0 Å². The van der Waals surface area contributed by atoms with E-state index in [4.69, 9.17) is 9.26 Å². The smallest absolute Gasteiger partial charge is 0.278 e. The Morgan fingerprint density at radius 1 is 1.03 bits per heavy atom. The molecule has 0 unspecified atom stereocenters. The minimum atomic E-state index is -0.477. The summed E-state index contributed by atoms with van der Waals surface area (Å²) >= 11 is 1.55. The summed E-state index contributed by atoms with van der Waals surface area (Å²) in [7, 11) is 0. The van der Waals surface area contributed by atoms with Crippen molar-refractivity contribution in [2.24, 2.45) is 0 Å². The fourth-order valence-corrected chi connectivity index (χ4v) is 3.83. The summed E-state index contributed by atoms with van der Waals surface area (Å²) in [5.74, 6) is -0.368. The largest absolute Gasteiger partial charge is 0.486 e. The number of halogens is 1. The second-order valence-electron chi connectivity index (χ2n) is 6.65. The molecule has 0 aliphatic rings. The number of aryl methyl sites for hydroxylation is 1. The average Bonchev–Trinajstić information content (AvgIpc) is 3.16. The van der Waals surface area contributed by atoms with Crippen molar-refractivity contribution < 1.29 is 18.4 Å². The lowest BCUT2D eigenvalue weighted by Crippen LogP contribution is -2.16. The highest BCUT2D eigenvalue weighted by atomic mass is 32.2. The van der Waals surface area contributed by atoms with Gasteiger partial charge in [0.2, 0.25) is 0 Å². The number of hydrogen-bond donors (Lipinski definition) is 1. The Hall–Kier alpha value is -3.58. The van der Waals surface area contributed by atoms with Crippen LogP contribution >= 0.6 is 11.8 Å². The van der Waals surface area contributed by atoms with Gasteiger partial charge in [-0.15, -0.1) is 0 Å². The molecule has 0 atom stereocenters. The maximum atomic E-state index is 13.8. The Balaban J connectivity index is 1.52. The van der Waals surface area contributed by atoms with Crippen molar-refractivity contribution in [1.82, 2.24) is 5.16 Å². The fraction of sp³-hybridized carbons (Fsp3) is 0.0833. The van der Waals surface area contributed by atoms with Crippen LogP contribution in [-0.4, -0.2) is 11.1 Å². The number of hydrogen-bond acceptors (Lipinski definition) is 5. The quantitative estimate of drug-likeness (QED) is 0.380. The molecule has 1 heterocycles. The van der Waals surface area contributed by atoms with Crippen LogP contribution in [0.1, 0.15) is 21.8 Å². The summed E-state index contributed by atoms with van der Waals surface area (Å²) in [4.78, 5) is 14.9. The molecule has 0 saturated heterocycles. The van der Waals surface area contributed by atoms with Gasteiger partial charge in [-0.3, -0.25) is 4.79 Å². The van der Waals surface area contributed by atoms with E-state index in [0.29, 0.717) is 17.0 Å². The predicted octanol–water partition coefficient (Wildman–Crippen LogP) is 6.10. The Labute approximate surface area is 183 Å². The average molecular weight is 434 g/mol. The van der Waals surface area contributed by atoms with Crippen molar-refractivity contribution in [3.63, 3.8) is 0 Å². The zero-order valence-electron chi connectivity index (χ0n) is 16.7. The number of carbonyl (C=O) groups is 1. The highest BCUT2D eigenvalue weighted by Crippen LogP contribution is 2.33. The lowest BCUT2D eigenvalue weighted by atomic mass is 10.2. The molecule has 0 bridgehead atoms. The fourth-order valence-electron chi connectivity index (χ4n) is 2.91. The molecular weight excluding hydrogens is 415 g/mol. The summed E-state index contributed by atoms with van der Waals surface area (Å²) in [5.41, 5.74) is 1.23. The minimum Gasteiger partial charge on any atom is -0.486 e. The summed E-state index contributed by atoms with van der Waals surface area (Å²) in [5, 5.41) is 6.79. The molecule has 1 amide bonds. The second kappa shape index (κ2) is 9.49. The lowest BCUT2D eigenvalue weighted by molar-refractivity contribution is 0.101. The minimum absolute atomic E-state index is 0.0422. The molecule has 1 aromatic heterocycles. The molecule has 5 nitrogen and oxygen atoms in total. The Morgan fingerprint density at radius 2 is 1.74 bits per heavy atom. The maximum absolute atomic E-state index is 13.8. The first-order chi connectivity index (χ1) is 15.1. The monoisotopic (exact) mass is 434 g/mol. The van der Waals surface area contributed by atoms with E-state index in [2.05, 4.69) is 10.5 Å². The van der Waals surface area contributed by atoms with Gasteiger partial charge in [-0.05, 0) is 43.3 Å². The Morgan fingerprint density at radius 3 is 2.55 bits per heavy atom. The van der Waals surface area contributed by atoms with Crippen molar-refractivity contribution in [2.45, 2.75) is 23.3 Å². The van der Waals surface area contributed by atoms with Gasteiger partial charge in [0.05, 0.1) is 11.3 Å². The van der Waals surface area contributed by atoms with Crippen molar-refractivity contribution in [2.75, 3.05) is 5.32 Å². The SMILES string of the molecule is Cc1onc(C(=O)Nc2ccccc2Sc2ccccc2)c1COc1ccccc1F. The van der Waals surface area contributed by atoms with Crippen LogP contribution in [-0.2, 0) is 6.61 Å². The van der Waals surface area contributed by atoms with E-state index < -0.39 is 11.7 Å². The maximum Gasteiger partial charge on any atom is 0.278 e. The van der Waals surface area contributed by atoms with Gasteiger partial charge in [0.15, 0.2) is 17.3 Å². The van der Waals surface area contributed by atoms with Gasteiger partial charge < -0.3 is 14.6 Å². The Bertz CT molecular complexity index is 1190. The van der Waals surface area contributed by atoms with E-state index in [-0.39, 0.29) is 18.1 Å². The molecule has 0 saturated carbocycles. The number of nitrogens with one attached hydrogen (secondary N) is 1. The van der Waals surface area contributed by atoms with Crippen LogP contribution in [0.3, 0.4) is 0 Å². The summed E-state index contributed by atoms with van der Waals surface area (Å²) in [6.45, 7) is 1.64. The third-order valence-corrected chi connectivity index (χ3v) is 5.60. The summed E-state index contributed by atoms with van der Waals surface area (Å²) < 4.78 is 24.6. The van der Waals surface area contributed by atoms with Crippen LogP contribution in [0.15, 0.2) is 93.2 Å². The highest BCUT2D eigenvalue weighted by Gasteiger charge is 2.22. The molecule has 0 fully saturated rings. The molecular formula is C24H19FN2O3S. The van der Waals surface area contributed by atoms with Gasteiger partial charge in [-0.25, -0.2) is 4.39 Å². The van der Waals surface area contributed by atoms with E-state index in [1.807, 2.05) is 54.6 Å². The van der Waals surface area contributed by atoms with Gasteiger partial charge in [0.25, 0.3) is 5.91 Å². The van der Waals surface area contributed by atoms with Crippen molar-refractivity contribution in [1.29, 1.82) is 0 Å². The van der Waals surface area contributed by atoms with E-state index in [9.17, 15) is 9.18 Å². The number of para-hydroxylation sites is 2. The van der Waals surface area contributed by atoms with Crippen LogP contribution in [0.5, 0.6) is 5.75 Å². The zero-order chi connectivity index (χ0) is 21.6. The molecule has 4 aromatic rings. The third-order valence-electron chi connectivity index (χ3n) is 4.51. The molecule has 0 radical (unpaired) electrons. The Kier molecular flexibility index (Phi) is 6.33. The molecule has 4 rings (SSSR count). The van der Waals surface area contributed by atoms with E-state index in [1.54, 1.807) is 30.8 Å². The first-order valence-electron chi connectivity index (χ1n) is 9.57. The molecule has 7 heteroatoms. The number of benzene rings is 3. The number of carbonyl (C=O) groups excluding carboxylic acids is 1. The zero-order valence-corrected chi connectivity index (χ0v) is 17.5. The summed E-state index contributed by atoms with van der Waals surface area (Å²) in [6, 6.07) is 23.5. The lowest BCUT2D eigenvalue weighted by Gasteiger charge is -2.11. The van der Waals surface area contributed by atoms with Crippen molar-refractivity contribution >= 4 is 23.4 Å². The molecule has 3 aromatic carbocycles. The van der Waals surface area contributed by atoms with Crippen LogP contribution in [0.2, 0.25) is 0 Å². The van der Waals surface area contributed by atoms with Crippen LogP contribution in [0.25, 0.3) is 0 Å². The van der Waals surface area contributed by atoms with Gasteiger partial charge in [0, 0.05) is 9.79 Å². The molecule has 0 aliphatic heterocycles. The van der Waals surface area contributed by atoms with Crippen molar-refractivity contribution in [3.8, 4) is 5.75 Å². The first kappa shape index (κ1) is 20.7. The number of amides is 1. The predicted molar refractivity (Wildman–Crippen MR) is 117 cm³/mol. The molecule has 0 spiro atoms. The number of rotatable bonds is 7. The van der Waals surface area contributed by atoms with Gasteiger partial charge in [-0.2, -0.15) is 0 Å². The van der Waals surface area contributed by atoms with E-state index in [0.717, 1.165) is 9.79 Å². The standard InChI is InChI=1S/C24H19FN2O3S/c1-16-18(15-29-21-13-7-5-11-19(21)25)23(27-30-16)24(28)26-20-12-6-8-14-22(20)31-17-9-3-2-4-10-17/h2-14H,15H2,1H3,(H,26,28). The van der Waals surface area contributed by atoms with Crippen molar-refractivity contribution in [3.05, 3.63) is 102 Å². The molecule has 31 heavy (non-hydrogen) atoms. The normalized spacial score (nSPS) is 10.6.